The molecular formula is C23H24N2O3S. The van der Waals surface area contributed by atoms with Gasteiger partial charge in [-0.25, -0.2) is 9.79 Å². The summed E-state index contributed by atoms with van der Waals surface area (Å²) < 4.78 is 7.66. The summed E-state index contributed by atoms with van der Waals surface area (Å²) in [6.45, 7) is 3.86. The van der Waals surface area contributed by atoms with Gasteiger partial charge in [0.2, 0.25) is 0 Å². The van der Waals surface area contributed by atoms with Gasteiger partial charge in [-0.05, 0) is 44.6 Å². The lowest BCUT2D eigenvalue weighted by atomic mass is 9.94. The standard InChI is InChI=1S/C23H24N2O3S/c1-3-28-22(27)19-15(2)24-23-25(20(19)17-12-8-5-9-13-17)21(26)18(29-23)14-16-10-6-4-7-11-16/h4-6,8-9,12-14,16,20H,3,7,10-11H2,1-2H3. The topological polar surface area (TPSA) is 60.7 Å². The van der Waals surface area contributed by atoms with Gasteiger partial charge in [0.05, 0.1) is 28.5 Å². The third-order valence-corrected chi connectivity index (χ3v) is 6.33. The van der Waals surface area contributed by atoms with Gasteiger partial charge in [0.1, 0.15) is 0 Å². The van der Waals surface area contributed by atoms with Crippen molar-refractivity contribution in [1.82, 2.24) is 4.57 Å². The predicted molar refractivity (Wildman–Crippen MR) is 114 cm³/mol. The molecular weight excluding hydrogens is 384 g/mol. The minimum atomic E-state index is -0.528. The van der Waals surface area contributed by atoms with Crippen LogP contribution in [0.2, 0.25) is 0 Å². The van der Waals surface area contributed by atoms with Gasteiger partial charge < -0.3 is 4.74 Å². The molecule has 0 N–H and O–H groups in total. The second-order valence-electron chi connectivity index (χ2n) is 7.28. The Bertz CT molecular complexity index is 1150. The highest BCUT2D eigenvalue weighted by molar-refractivity contribution is 7.07. The fourth-order valence-electron chi connectivity index (χ4n) is 3.94. The number of carbonyl (C=O) groups is 1. The minimum absolute atomic E-state index is 0.0912. The Labute approximate surface area is 173 Å². The number of aromatic nitrogens is 1. The van der Waals surface area contributed by atoms with Crippen molar-refractivity contribution in [3.63, 3.8) is 0 Å². The van der Waals surface area contributed by atoms with Crippen LogP contribution in [0.3, 0.4) is 0 Å². The molecule has 5 nitrogen and oxygen atoms in total. The maximum absolute atomic E-state index is 13.4. The van der Waals surface area contributed by atoms with Gasteiger partial charge in [-0.1, -0.05) is 59.9 Å². The van der Waals surface area contributed by atoms with Crippen LogP contribution in [0.1, 0.15) is 44.7 Å². The first-order chi connectivity index (χ1) is 14.1. The number of nitrogens with zero attached hydrogens (tertiary/aromatic N) is 2. The van der Waals surface area contributed by atoms with Crippen LogP contribution in [-0.2, 0) is 9.53 Å². The number of hydrogen-bond acceptors (Lipinski definition) is 5. The molecule has 0 radical (unpaired) electrons. The Balaban J connectivity index is 1.90. The van der Waals surface area contributed by atoms with E-state index in [-0.39, 0.29) is 12.2 Å². The van der Waals surface area contributed by atoms with Crippen molar-refractivity contribution in [2.75, 3.05) is 6.61 Å². The fraction of sp³-hybridized carbons (Fsp3) is 0.348. The molecule has 2 atom stereocenters. The lowest BCUT2D eigenvalue weighted by molar-refractivity contribution is -0.139. The normalized spacial score (nSPS) is 21.7. The largest absolute Gasteiger partial charge is 0.463 e. The van der Waals surface area contributed by atoms with Gasteiger partial charge in [0.25, 0.3) is 5.56 Å². The summed E-state index contributed by atoms with van der Waals surface area (Å²) in [6.07, 6.45) is 9.50. The minimum Gasteiger partial charge on any atom is -0.463 e. The van der Waals surface area contributed by atoms with Crippen molar-refractivity contribution < 1.29 is 9.53 Å². The third kappa shape index (κ3) is 3.77. The smallest absolute Gasteiger partial charge is 0.338 e. The molecule has 29 heavy (non-hydrogen) atoms. The first-order valence-corrected chi connectivity index (χ1v) is 10.8. The number of benzene rings is 1. The van der Waals surface area contributed by atoms with Gasteiger partial charge in [0.15, 0.2) is 4.80 Å². The van der Waals surface area contributed by atoms with Crippen LogP contribution in [0.15, 0.2) is 63.5 Å². The maximum atomic E-state index is 13.4. The first kappa shape index (κ1) is 19.6. The molecule has 1 aromatic carbocycles. The molecule has 0 saturated carbocycles. The molecule has 2 heterocycles. The number of rotatable bonds is 4. The van der Waals surface area contributed by atoms with Crippen molar-refractivity contribution >= 4 is 23.4 Å². The quantitative estimate of drug-likeness (QED) is 0.577. The van der Waals surface area contributed by atoms with Crippen LogP contribution in [-0.4, -0.2) is 17.1 Å². The van der Waals surface area contributed by atoms with Crippen LogP contribution in [0.4, 0.5) is 0 Å². The zero-order valence-electron chi connectivity index (χ0n) is 16.6. The van der Waals surface area contributed by atoms with E-state index in [4.69, 9.17) is 4.74 Å². The molecule has 1 aliphatic carbocycles. The van der Waals surface area contributed by atoms with Gasteiger partial charge in [-0.3, -0.25) is 9.36 Å². The van der Waals surface area contributed by atoms with E-state index < -0.39 is 12.0 Å². The van der Waals surface area contributed by atoms with Gasteiger partial charge in [0, 0.05) is 0 Å². The molecule has 2 unspecified atom stereocenters. The van der Waals surface area contributed by atoms with Crippen molar-refractivity contribution in [2.45, 2.75) is 39.2 Å². The van der Waals surface area contributed by atoms with E-state index in [1.165, 1.54) is 11.3 Å². The number of fused-ring (bicyclic) bond motifs is 1. The molecule has 6 heteroatoms. The summed E-state index contributed by atoms with van der Waals surface area (Å²) in [5.74, 6) is -0.0588. The SMILES string of the molecule is CCOC(=O)C1=C(C)N=c2sc(=CC3CC=CCC3)c(=O)n2C1c1ccccc1. The Morgan fingerprint density at radius 3 is 2.79 bits per heavy atom. The van der Waals surface area contributed by atoms with Crippen molar-refractivity contribution in [1.29, 1.82) is 0 Å². The molecule has 1 aliphatic heterocycles. The molecule has 0 amide bonds. The number of thiazole rings is 1. The summed E-state index contributed by atoms with van der Waals surface area (Å²) in [7, 11) is 0. The van der Waals surface area contributed by atoms with Gasteiger partial charge in [-0.15, -0.1) is 0 Å². The second kappa shape index (κ2) is 8.33. The lowest BCUT2D eigenvalue weighted by Crippen LogP contribution is -2.40. The number of carbonyl (C=O) groups excluding carboxylic acids is 1. The van der Waals surface area contributed by atoms with E-state index in [0.29, 0.717) is 26.5 Å². The van der Waals surface area contributed by atoms with Crippen molar-refractivity contribution in [3.8, 4) is 0 Å². The molecule has 2 aromatic rings. The number of allylic oxidation sites excluding steroid dienone is 3. The highest BCUT2D eigenvalue weighted by atomic mass is 32.1. The second-order valence-corrected chi connectivity index (χ2v) is 8.29. The maximum Gasteiger partial charge on any atom is 0.338 e. The molecule has 2 aliphatic rings. The third-order valence-electron chi connectivity index (χ3n) is 5.33. The summed E-state index contributed by atoms with van der Waals surface area (Å²) >= 11 is 1.40. The average Bonchev–Trinajstić information content (AvgIpc) is 3.03. The average molecular weight is 409 g/mol. The molecule has 0 spiro atoms. The Kier molecular flexibility index (Phi) is 5.62. The van der Waals surface area contributed by atoms with Crippen LogP contribution < -0.4 is 14.9 Å². The van der Waals surface area contributed by atoms with E-state index in [9.17, 15) is 9.59 Å². The van der Waals surface area contributed by atoms with Crippen LogP contribution in [0.25, 0.3) is 6.08 Å². The summed E-state index contributed by atoms with van der Waals surface area (Å²) in [5.41, 5.74) is 1.81. The molecule has 150 valence electrons. The molecule has 1 aromatic heterocycles. The predicted octanol–water partition coefficient (Wildman–Crippen LogP) is 3.11. The van der Waals surface area contributed by atoms with Crippen molar-refractivity contribution in [3.05, 3.63) is 79.0 Å². The van der Waals surface area contributed by atoms with Crippen LogP contribution >= 0.6 is 11.3 Å². The monoisotopic (exact) mass is 408 g/mol. The molecule has 0 saturated heterocycles. The van der Waals surface area contributed by atoms with E-state index in [2.05, 4.69) is 23.2 Å². The zero-order chi connectivity index (χ0) is 20.4. The van der Waals surface area contributed by atoms with E-state index in [0.717, 1.165) is 24.8 Å². The summed E-state index contributed by atoms with van der Waals surface area (Å²) in [6, 6.07) is 9.09. The van der Waals surface area contributed by atoms with Gasteiger partial charge >= 0.3 is 5.97 Å². The molecule has 0 bridgehead atoms. The van der Waals surface area contributed by atoms with Crippen LogP contribution in [0, 0.1) is 5.92 Å². The van der Waals surface area contributed by atoms with Gasteiger partial charge in [-0.2, -0.15) is 0 Å². The van der Waals surface area contributed by atoms with E-state index >= 15 is 0 Å². The lowest BCUT2D eigenvalue weighted by Gasteiger charge is -2.24. The van der Waals surface area contributed by atoms with E-state index in [1.54, 1.807) is 11.5 Å². The van der Waals surface area contributed by atoms with Crippen molar-refractivity contribution in [2.24, 2.45) is 10.9 Å². The molecule has 0 fully saturated rings. The Morgan fingerprint density at radius 1 is 1.31 bits per heavy atom. The highest BCUT2D eigenvalue weighted by Gasteiger charge is 2.33. The summed E-state index contributed by atoms with van der Waals surface area (Å²) in [5, 5.41) is 0. The zero-order valence-corrected chi connectivity index (χ0v) is 17.4. The molecule has 4 rings (SSSR count). The number of ether oxygens (including phenoxy) is 1. The number of esters is 1. The fourth-order valence-corrected chi connectivity index (χ4v) is 5.05. The Hall–Kier alpha value is -2.73. The Morgan fingerprint density at radius 2 is 2.10 bits per heavy atom. The summed E-state index contributed by atoms with van der Waals surface area (Å²) in [4.78, 5) is 31.4. The highest BCUT2D eigenvalue weighted by Crippen LogP contribution is 2.30. The van der Waals surface area contributed by atoms with Crippen LogP contribution in [0.5, 0.6) is 0 Å². The number of hydrogen-bond donors (Lipinski definition) is 0. The van der Waals surface area contributed by atoms with E-state index in [1.807, 2.05) is 37.3 Å². The first-order valence-electron chi connectivity index (χ1n) is 10.00.